The molecule has 0 unspecified atom stereocenters. The summed E-state index contributed by atoms with van der Waals surface area (Å²) in [6.07, 6.45) is 11.3. The highest BCUT2D eigenvalue weighted by Gasteiger charge is 2.30. The number of anilines is 1. The Morgan fingerprint density at radius 3 is 2.37 bits per heavy atom. The van der Waals surface area contributed by atoms with Crippen molar-refractivity contribution in [2.75, 3.05) is 11.9 Å². The van der Waals surface area contributed by atoms with E-state index in [0.29, 0.717) is 10.7 Å². The van der Waals surface area contributed by atoms with E-state index in [1.807, 2.05) is 12.1 Å². The Bertz CT molecular complexity index is 693. The molecule has 1 aromatic carbocycles. The standard InChI is InChI=1S/C22H29ClN2O2/c23-19-8-4-5-9-20(19)25-22(27)18-12-10-17(11-13-18)21(26)24-15-14-16-6-2-1-3-7-16/h4-6,8-9,17-18H,1-3,7,10-15H2,(H,24,26)(H,25,27). The van der Waals surface area contributed by atoms with Gasteiger partial charge in [0.15, 0.2) is 0 Å². The number of rotatable bonds is 6. The van der Waals surface area contributed by atoms with E-state index in [1.165, 1.54) is 31.3 Å². The Hall–Kier alpha value is -1.81. The van der Waals surface area contributed by atoms with Crippen molar-refractivity contribution in [3.8, 4) is 0 Å². The van der Waals surface area contributed by atoms with Crippen LogP contribution in [0.25, 0.3) is 0 Å². The molecule has 0 aromatic heterocycles. The van der Waals surface area contributed by atoms with Crippen molar-refractivity contribution in [1.82, 2.24) is 5.32 Å². The van der Waals surface area contributed by atoms with Crippen LogP contribution in [0.4, 0.5) is 5.69 Å². The molecule has 2 amide bonds. The third-order valence-electron chi connectivity index (χ3n) is 5.73. The van der Waals surface area contributed by atoms with Gasteiger partial charge in [0.05, 0.1) is 10.7 Å². The van der Waals surface area contributed by atoms with E-state index in [9.17, 15) is 9.59 Å². The highest BCUT2D eigenvalue weighted by Crippen LogP contribution is 2.31. The van der Waals surface area contributed by atoms with Crippen LogP contribution < -0.4 is 10.6 Å². The van der Waals surface area contributed by atoms with E-state index in [0.717, 1.165) is 38.6 Å². The molecule has 0 radical (unpaired) electrons. The molecule has 0 heterocycles. The topological polar surface area (TPSA) is 58.2 Å². The zero-order valence-corrected chi connectivity index (χ0v) is 16.6. The second kappa shape index (κ2) is 9.93. The Labute approximate surface area is 166 Å². The van der Waals surface area contributed by atoms with Crippen LogP contribution in [0, 0.1) is 11.8 Å². The van der Waals surface area contributed by atoms with Crippen LogP contribution in [0.2, 0.25) is 5.02 Å². The van der Waals surface area contributed by atoms with Gasteiger partial charge in [0.25, 0.3) is 0 Å². The van der Waals surface area contributed by atoms with Gasteiger partial charge in [-0.1, -0.05) is 35.4 Å². The number of nitrogens with one attached hydrogen (secondary N) is 2. The number of halogens is 1. The molecule has 4 nitrogen and oxygen atoms in total. The van der Waals surface area contributed by atoms with Gasteiger partial charge in [0.1, 0.15) is 0 Å². The molecule has 27 heavy (non-hydrogen) atoms. The van der Waals surface area contributed by atoms with Crippen LogP contribution in [0.5, 0.6) is 0 Å². The molecule has 5 heteroatoms. The molecule has 1 saturated carbocycles. The molecular weight excluding hydrogens is 360 g/mol. The molecule has 0 spiro atoms. The molecule has 1 aromatic rings. The quantitative estimate of drug-likeness (QED) is 0.666. The molecule has 1 fully saturated rings. The lowest BCUT2D eigenvalue weighted by Gasteiger charge is -2.27. The number of para-hydroxylation sites is 1. The summed E-state index contributed by atoms with van der Waals surface area (Å²) in [5, 5.41) is 6.56. The first-order valence-corrected chi connectivity index (χ1v) is 10.5. The molecule has 0 saturated heterocycles. The number of benzene rings is 1. The van der Waals surface area contributed by atoms with Crippen LogP contribution in [0.15, 0.2) is 35.9 Å². The fraction of sp³-hybridized carbons (Fsp3) is 0.545. The minimum Gasteiger partial charge on any atom is -0.356 e. The van der Waals surface area contributed by atoms with Crippen molar-refractivity contribution in [1.29, 1.82) is 0 Å². The number of amides is 2. The molecule has 2 N–H and O–H groups in total. The third-order valence-corrected chi connectivity index (χ3v) is 6.06. The van der Waals surface area contributed by atoms with Gasteiger partial charge in [0, 0.05) is 18.4 Å². The fourth-order valence-electron chi connectivity index (χ4n) is 4.04. The fourth-order valence-corrected chi connectivity index (χ4v) is 4.22. The van der Waals surface area contributed by atoms with Gasteiger partial charge in [-0.25, -0.2) is 0 Å². The Kier molecular flexibility index (Phi) is 7.33. The van der Waals surface area contributed by atoms with Gasteiger partial charge >= 0.3 is 0 Å². The van der Waals surface area contributed by atoms with E-state index >= 15 is 0 Å². The average Bonchev–Trinajstić information content (AvgIpc) is 2.70. The summed E-state index contributed by atoms with van der Waals surface area (Å²) in [6.45, 7) is 0.734. The summed E-state index contributed by atoms with van der Waals surface area (Å²) in [6, 6.07) is 7.27. The third kappa shape index (κ3) is 5.83. The largest absolute Gasteiger partial charge is 0.356 e. The van der Waals surface area contributed by atoms with E-state index in [4.69, 9.17) is 11.6 Å². The van der Waals surface area contributed by atoms with Crippen molar-refractivity contribution in [2.45, 2.75) is 57.8 Å². The molecule has 3 rings (SSSR count). The molecule has 146 valence electrons. The highest BCUT2D eigenvalue weighted by molar-refractivity contribution is 6.33. The number of carbonyl (C=O) groups is 2. The number of hydrogen-bond acceptors (Lipinski definition) is 2. The lowest BCUT2D eigenvalue weighted by atomic mass is 9.81. The van der Waals surface area contributed by atoms with Crippen molar-refractivity contribution in [3.63, 3.8) is 0 Å². The molecular formula is C22H29ClN2O2. The predicted octanol–water partition coefficient (Wildman–Crippen LogP) is 5.09. The van der Waals surface area contributed by atoms with Gasteiger partial charge in [-0.05, 0) is 69.9 Å². The van der Waals surface area contributed by atoms with Gasteiger partial charge < -0.3 is 10.6 Å². The smallest absolute Gasteiger partial charge is 0.227 e. The molecule has 0 atom stereocenters. The Morgan fingerprint density at radius 2 is 1.70 bits per heavy atom. The number of allylic oxidation sites excluding steroid dienone is 1. The highest BCUT2D eigenvalue weighted by atomic mass is 35.5. The van der Waals surface area contributed by atoms with Crippen molar-refractivity contribution < 1.29 is 9.59 Å². The minimum atomic E-state index is -0.0438. The number of hydrogen-bond donors (Lipinski definition) is 2. The summed E-state index contributed by atoms with van der Waals surface area (Å²) in [5.41, 5.74) is 2.14. The van der Waals surface area contributed by atoms with E-state index < -0.39 is 0 Å². The second-order valence-corrected chi connectivity index (χ2v) is 8.07. The van der Waals surface area contributed by atoms with Crippen molar-refractivity contribution in [3.05, 3.63) is 40.9 Å². The summed E-state index contributed by atoms with van der Waals surface area (Å²) in [7, 11) is 0. The maximum Gasteiger partial charge on any atom is 0.227 e. The first-order valence-electron chi connectivity index (χ1n) is 10.1. The zero-order chi connectivity index (χ0) is 19.1. The molecule has 2 aliphatic carbocycles. The van der Waals surface area contributed by atoms with Gasteiger partial charge in [-0.2, -0.15) is 0 Å². The van der Waals surface area contributed by atoms with Crippen molar-refractivity contribution >= 4 is 29.1 Å². The van der Waals surface area contributed by atoms with Crippen LogP contribution in [0.3, 0.4) is 0 Å². The van der Waals surface area contributed by atoms with E-state index in [1.54, 1.807) is 12.1 Å². The first-order chi connectivity index (χ1) is 13.1. The minimum absolute atomic E-state index is 0.00574. The summed E-state index contributed by atoms with van der Waals surface area (Å²) in [5.74, 6) is 0.148. The Morgan fingerprint density at radius 1 is 1.00 bits per heavy atom. The maximum atomic E-state index is 12.5. The summed E-state index contributed by atoms with van der Waals surface area (Å²) in [4.78, 5) is 24.9. The zero-order valence-electron chi connectivity index (χ0n) is 15.8. The molecule has 2 aliphatic rings. The Balaban J connectivity index is 1.39. The molecule has 0 bridgehead atoms. The number of carbonyl (C=O) groups excluding carboxylic acids is 2. The van der Waals surface area contributed by atoms with E-state index in [2.05, 4.69) is 16.7 Å². The van der Waals surface area contributed by atoms with Crippen LogP contribution in [-0.4, -0.2) is 18.4 Å². The van der Waals surface area contributed by atoms with Crippen LogP contribution in [-0.2, 0) is 9.59 Å². The monoisotopic (exact) mass is 388 g/mol. The molecule has 0 aliphatic heterocycles. The van der Waals surface area contributed by atoms with Crippen LogP contribution >= 0.6 is 11.6 Å². The summed E-state index contributed by atoms with van der Waals surface area (Å²) < 4.78 is 0. The van der Waals surface area contributed by atoms with Crippen molar-refractivity contribution in [2.24, 2.45) is 11.8 Å². The summed E-state index contributed by atoms with van der Waals surface area (Å²) >= 11 is 6.10. The van der Waals surface area contributed by atoms with Gasteiger partial charge in [0.2, 0.25) is 11.8 Å². The predicted molar refractivity (Wildman–Crippen MR) is 110 cm³/mol. The van der Waals surface area contributed by atoms with E-state index in [-0.39, 0.29) is 23.7 Å². The SMILES string of the molecule is O=C(NCCC1=CCCCC1)C1CCC(C(=O)Nc2ccccc2Cl)CC1. The average molecular weight is 389 g/mol. The van der Waals surface area contributed by atoms with Gasteiger partial charge in [-0.3, -0.25) is 9.59 Å². The maximum absolute atomic E-state index is 12.5. The lowest BCUT2D eigenvalue weighted by molar-refractivity contribution is -0.128. The lowest BCUT2D eigenvalue weighted by Crippen LogP contribution is -2.36. The van der Waals surface area contributed by atoms with Gasteiger partial charge in [-0.15, -0.1) is 0 Å². The van der Waals surface area contributed by atoms with Crippen LogP contribution in [0.1, 0.15) is 57.8 Å². The second-order valence-electron chi connectivity index (χ2n) is 7.67. The first kappa shape index (κ1) is 19.9. The normalized spacial score (nSPS) is 22.6.